The molecule has 1 fully saturated rings. The number of carbonyl (C=O) groups excluding carboxylic acids is 1. The lowest BCUT2D eigenvalue weighted by Gasteiger charge is -2.40. The topological polar surface area (TPSA) is 189 Å². The first kappa shape index (κ1) is 56.3. The molecule has 1 amide bonds. The van der Waals surface area contributed by atoms with Gasteiger partial charge in [0, 0.05) is 0 Å². The van der Waals surface area contributed by atoms with E-state index in [1.54, 1.807) is 0 Å². The highest BCUT2D eigenvalue weighted by Crippen LogP contribution is 2.23. The van der Waals surface area contributed by atoms with E-state index in [2.05, 4.69) is 55.6 Å². The highest BCUT2D eigenvalue weighted by molar-refractivity contribution is 5.80. The first-order chi connectivity index (χ1) is 29.2. The lowest BCUT2D eigenvalue weighted by atomic mass is 9.98. The molecule has 0 aromatic rings. The zero-order chi connectivity index (χ0) is 44.1. The van der Waals surface area contributed by atoms with E-state index in [1.165, 1.54) is 109 Å². The Morgan fingerprint density at radius 3 is 1.48 bits per heavy atom. The van der Waals surface area contributed by atoms with E-state index in [0.29, 0.717) is 19.3 Å². The third-order valence-electron chi connectivity index (χ3n) is 11.7. The summed E-state index contributed by atoms with van der Waals surface area (Å²) in [6, 6.07) is -1.19. The molecule has 11 heteroatoms. The van der Waals surface area contributed by atoms with Crippen molar-refractivity contribution in [2.75, 3.05) is 13.2 Å². The van der Waals surface area contributed by atoms with Crippen LogP contribution in [0.25, 0.3) is 0 Å². The van der Waals surface area contributed by atoms with Crippen molar-refractivity contribution in [3.05, 3.63) is 36.5 Å². The lowest BCUT2D eigenvalue weighted by molar-refractivity contribution is -0.303. The molecule has 9 atom stereocenters. The fraction of sp³-hybridized carbons (Fsp3) is 0.857. The van der Waals surface area contributed by atoms with Crippen molar-refractivity contribution in [3.63, 3.8) is 0 Å². The van der Waals surface area contributed by atoms with Crippen LogP contribution < -0.4 is 5.32 Å². The molecule has 1 saturated heterocycles. The minimum absolute atomic E-state index is 0.242. The standard InChI is InChI=1S/C49H91NO10/c1-3-5-7-9-11-13-15-17-19-20-21-22-23-25-26-28-30-32-34-36-41(52)44(54)40(39-59-49-47(57)46(56)45(55)43(38-51)60-49)50-48(58)42(53)37-35-33-31-29-27-24-18-16-14-12-10-8-6-4-2/h17,19,22-23,28,30,40-47,49,51-57H,3-16,18,20-21,24-27,29,31-39H2,1-2H3,(H,50,58)/b19-17+,23-22+,30-28+. The predicted octanol–water partition coefficient (Wildman–Crippen LogP) is 8.39. The van der Waals surface area contributed by atoms with E-state index >= 15 is 0 Å². The Balaban J connectivity index is 2.47. The van der Waals surface area contributed by atoms with E-state index in [4.69, 9.17) is 9.47 Å². The van der Waals surface area contributed by atoms with Gasteiger partial charge in [-0.15, -0.1) is 0 Å². The molecule has 0 saturated carbocycles. The number of hydrogen-bond acceptors (Lipinski definition) is 10. The predicted molar refractivity (Wildman–Crippen MR) is 242 cm³/mol. The van der Waals surface area contributed by atoms with Crippen LogP contribution in [-0.4, -0.2) is 110 Å². The van der Waals surface area contributed by atoms with Crippen LogP contribution in [0.1, 0.15) is 200 Å². The molecule has 0 spiro atoms. The first-order valence-corrected chi connectivity index (χ1v) is 24.4. The second kappa shape index (κ2) is 39.0. The molecular weight excluding hydrogens is 763 g/mol. The Morgan fingerprint density at radius 2 is 1.00 bits per heavy atom. The van der Waals surface area contributed by atoms with Crippen LogP contribution in [0.2, 0.25) is 0 Å². The zero-order valence-corrected chi connectivity index (χ0v) is 37.9. The number of ether oxygens (including phenoxy) is 2. The number of rotatable bonds is 40. The normalized spacial score (nSPS) is 21.9. The van der Waals surface area contributed by atoms with Crippen molar-refractivity contribution >= 4 is 5.91 Å². The van der Waals surface area contributed by atoms with Gasteiger partial charge in [-0.05, 0) is 64.2 Å². The van der Waals surface area contributed by atoms with Crippen LogP contribution in [0, 0.1) is 0 Å². The molecule has 0 aliphatic carbocycles. The number of hydrogen-bond donors (Lipinski definition) is 8. The van der Waals surface area contributed by atoms with Gasteiger partial charge >= 0.3 is 0 Å². The second-order valence-electron chi connectivity index (χ2n) is 17.2. The van der Waals surface area contributed by atoms with Gasteiger partial charge in [-0.25, -0.2) is 0 Å². The van der Waals surface area contributed by atoms with E-state index in [1.807, 2.05) is 0 Å². The molecule has 0 aromatic carbocycles. The molecule has 11 nitrogen and oxygen atoms in total. The number of aliphatic hydroxyl groups excluding tert-OH is 7. The van der Waals surface area contributed by atoms with Crippen molar-refractivity contribution in [1.82, 2.24) is 5.32 Å². The molecular formula is C49H91NO10. The van der Waals surface area contributed by atoms with Gasteiger partial charge in [0.1, 0.15) is 36.6 Å². The first-order valence-electron chi connectivity index (χ1n) is 24.4. The summed E-state index contributed by atoms with van der Waals surface area (Å²) in [5.41, 5.74) is 0. The van der Waals surface area contributed by atoms with E-state index in [9.17, 15) is 40.5 Å². The van der Waals surface area contributed by atoms with Gasteiger partial charge in [-0.1, -0.05) is 172 Å². The van der Waals surface area contributed by atoms with Crippen molar-refractivity contribution in [2.45, 2.75) is 255 Å². The maximum atomic E-state index is 13.1. The molecule has 1 rings (SSSR count). The largest absolute Gasteiger partial charge is 0.394 e. The Hall–Kier alpha value is -1.67. The Kier molecular flexibility index (Phi) is 36.6. The zero-order valence-electron chi connectivity index (χ0n) is 37.9. The SMILES string of the molecule is CCCCCCCC/C=C/CC/C=C/CC/C=C/CCCC(O)C(O)C(COC1OC(CO)C(O)C(O)C1O)NC(=O)C(O)CCCCCCCCCCCCCCCC. The van der Waals surface area contributed by atoms with Crippen molar-refractivity contribution in [1.29, 1.82) is 0 Å². The van der Waals surface area contributed by atoms with E-state index < -0.39 is 74.2 Å². The van der Waals surface area contributed by atoms with Crippen LogP contribution in [-0.2, 0) is 14.3 Å². The Bertz CT molecular complexity index is 1070. The molecule has 352 valence electrons. The molecule has 0 aromatic heterocycles. The van der Waals surface area contributed by atoms with Crippen LogP contribution in [0.5, 0.6) is 0 Å². The van der Waals surface area contributed by atoms with Gasteiger partial charge in [0.05, 0.1) is 25.4 Å². The number of carbonyl (C=O) groups is 1. The van der Waals surface area contributed by atoms with Gasteiger partial charge in [-0.3, -0.25) is 4.79 Å². The van der Waals surface area contributed by atoms with Gasteiger partial charge < -0.3 is 50.5 Å². The summed E-state index contributed by atoms with van der Waals surface area (Å²) in [5, 5.41) is 75.7. The number of unbranched alkanes of at least 4 members (excludes halogenated alkanes) is 22. The van der Waals surface area contributed by atoms with Gasteiger partial charge in [0.15, 0.2) is 6.29 Å². The highest BCUT2D eigenvalue weighted by Gasteiger charge is 2.44. The summed E-state index contributed by atoms with van der Waals surface area (Å²) in [4.78, 5) is 13.1. The van der Waals surface area contributed by atoms with Crippen LogP contribution in [0.4, 0.5) is 0 Å². The maximum Gasteiger partial charge on any atom is 0.249 e. The summed E-state index contributed by atoms with van der Waals surface area (Å²) in [5.74, 6) is -0.713. The smallest absolute Gasteiger partial charge is 0.249 e. The molecule has 1 aliphatic heterocycles. The highest BCUT2D eigenvalue weighted by atomic mass is 16.7. The lowest BCUT2D eigenvalue weighted by Crippen LogP contribution is -2.60. The third-order valence-corrected chi connectivity index (χ3v) is 11.7. The molecule has 8 N–H and O–H groups in total. The summed E-state index contributed by atoms with van der Waals surface area (Å²) in [6.45, 7) is 3.41. The number of allylic oxidation sites excluding steroid dienone is 6. The minimum atomic E-state index is -1.67. The number of amides is 1. The van der Waals surface area contributed by atoms with Crippen LogP contribution in [0.3, 0.4) is 0 Å². The third kappa shape index (κ3) is 28.1. The summed E-state index contributed by atoms with van der Waals surface area (Å²) in [6.07, 6.45) is 33.3. The Labute approximate surface area is 365 Å². The monoisotopic (exact) mass is 854 g/mol. The number of aliphatic hydroxyl groups is 7. The maximum absolute atomic E-state index is 13.1. The summed E-state index contributed by atoms with van der Waals surface area (Å²) < 4.78 is 11.1. The van der Waals surface area contributed by atoms with Crippen molar-refractivity contribution < 1.29 is 50.0 Å². The van der Waals surface area contributed by atoms with Gasteiger partial charge in [0.25, 0.3) is 0 Å². The molecule has 60 heavy (non-hydrogen) atoms. The Morgan fingerprint density at radius 1 is 0.567 bits per heavy atom. The molecule has 0 radical (unpaired) electrons. The molecule has 1 heterocycles. The van der Waals surface area contributed by atoms with Gasteiger partial charge in [0.2, 0.25) is 5.91 Å². The van der Waals surface area contributed by atoms with E-state index in [-0.39, 0.29) is 12.8 Å². The number of nitrogens with one attached hydrogen (secondary N) is 1. The van der Waals surface area contributed by atoms with Crippen molar-refractivity contribution in [3.8, 4) is 0 Å². The summed E-state index contributed by atoms with van der Waals surface area (Å²) >= 11 is 0. The molecule has 1 aliphatic rings. The molecule has 9 unspecified atom stereocenters. The van der Waals surface area contributed by atoms with Crippen LogP contribution in [0.15, 0.2) is 36.5 Å². The average Bonchev–Trinajstić information content (AvgIpc) is 3.25. The van der Waals surface area contributed by atoms with E-state index in [0.717, 1.165) is 44.9 Å². The quantitative estimate of drug-likeness (QED) is 0.0220. The minimum Gasteiger partial charge on any atom is -0.394 e. The van der Waals surface area contributed by atoms with Crippen molar-refractivity contribution in [2.24, 2.45) is 0 Å². The molecule has 0 bridgehead atoms. The summed E-state index contributed by atoms with van der Waals surface area (Å²) in [7, 11) is 0. The fourth-order valence-corrected chi connectivity index (χ4v) is 7.59. The average molecular weight is 854 g/mol. The van der Waals surface area contributed by atoms with Crippen LogP contribution >= 0.6 is 0 Å². The van der Waals surface area contributed by atoms with Gasteiger partial charge in [-0.2, -0.15) is 0 Å². The second-order valence-corrected chi connectivity index (χ2v) is 17.2. The fourth-order valence-electron chi connectivity index (χ4n) is 7.59.